The first kappa shape index (κ1) is 19.1. The maximum absolute atomic E-state index is 13.1. The lowest BCUT2D eigenvalue weighted by molar-refractivity contribution is -0.116. The van der Waals surface area contributed by atoms with Gasteiger partial charge in [0.1, 0.15) is 12.4 Å². The van der Waals surface area contributed by atoms with Gasteiger partial charge in [0.25, 0.3) is 5.56 Å². The fourth-order valence-electron chi connectivity index (χ4n) is 3.42. The van der Waals surface area contributed by atoms with Gasteiger partial charge in [-0.15, -0.1) is 10.2 Å². The van der Waals surface area contributed by atoms with Crippen molar-refractivity contribution >= 4 is 39.9 Å². The van der Waals surface area contributed by atoms with Crippen LogP contribution in [0.2, 0.25) is 5.02 Å². The zero-order valence-electron chi connectivity index (χ0n) is 16.1. The molecule has 4 rings (SSSR count). The average Bonchev–Trinajstić information content (AvgIpc) is 3.12. The van der Waals surface area contributed by atoms with Gasteiger partial charge in [0.15, 0.2) is 0 Å². The van der Waals surface area contributed by atoms with Gasteiger partial charge in [-0.3, -0.25) is 18.6 Å². The predicted molar refractivity (Wildman–Crippen MR) is 114 cm³/mol. The molecule has 0 radical (unpaired) electrons. The number of anilines is 1. The second-order valence-corrected chi connectivity index (χ2v) is 7.35. The van der Waals surface area contributed by atoms with E-state index in [1.165, 1.54) is 4.57 Å². The maximum atomic E-state index is 13.1. The molecule has 0 fully saturated rings. The molecule has 0 aliphatic rings. The van der Waals surface area contributed by atoms with Crippen LogP contribution in [-0.2, 0) is 17.8 Å². The summed E-state index contributed by atoms with van der Waals surface area (Å²) >= 11 is 6.03. The van der Waals surface area contributed by atoms with E-state index in [0.717, 1.165) is 23.3 Å². The van der Waals surface area contributed by atoms with E-state index in [0.29, 0.717) is 22.6 Å². The molecule has 8 heteroatoms. The molecule has 4 aromatic rings. The van der Waals surface area contributed by atoms with Crippen LogP contribution in [-0.4, -0.2) is 25.1 Å². The van der Waals surface area contributed by atoms with Gasteiger partial charge in [-0.25, -0.2) is 0 Å². The first-order valence-electron chi connectivity index (χ1n) is 9.41. The highest BCUT2D eigenvalue weighted by atomic mass is 35.5. The van der Waals surface area contributed by atoms with Crippen molar-refractivity contribution in [3.05, 3.63) is 69.2 Å². The van der Waals surface area contributed by atoms with Crippen molar-refractivity contribution in [2.45, 2.75) is 33.2 Å². The molecule has 2 heterocycles. The number of halogens is 1. The van der Waals surface area contributed by atoms with Gasteiger partial charge < -0.3 is 5.32 Å². The number of hydrogen-bond acceptors (Lipinski definition) is 4. The van der Waals surface area contributed by atoms with E-state index in [1.54, 1.807) is 16.5 Å². The number of rotatable bonds is 5. The summed E-state index contributed by atoms with van der Waals surface area (Å²) in [5.74, 6) is 0.419. The fourth-order valence-corrected chi connectivity index (χ4v) is 3.60. The number of para-hydroxylation sites is 2. The van der Waals surface area contributed by atoms with Crippen LogP contribution in [0.5, 0.6) is 0 Å². The predicted octanol–water partition coefficient (Wildman–Crippen LogP) is 3.60. The minimum absolute atomic E-state index is 0.141. The number of carbonyl (C=O) groups is 1. The Labute approximate surface area is 171 Å². The Hall–Kier alpha value is -3.19. The second kappa shape index (κ2) is 7.67. The number of hydrogen-bond donors (Lipinski definition) is 1. The van der Waals surface area contributed by atoms with E-state index in [4.69, 9.17) is 11.6 Å². The van der Waals surface area contributed by atoms with Crippen molar-refractivity contribution in [2.24, 2.45) is 0 Å². The van der Waals surface area contributed by atoms with Crippen LogP contribution in [0.3, 0.4) is 0 Å². The standard InChI is InChI=1S/C21H20ClN5O2/c1-3-6-18-24-25-20-21(29)26(16-7-4-5-8-17(16)27(18)20)12-19(28)23-15-11-14(22)10-9-13(15)2/h4-5,7-11H,3,6,12H2,1-2H3,(H,23,28). The van der Waals surface area contributed by atoms with E-state index < -0.39 is 0 Å². The Bertz CT molecular complexity index is 1290. The zero-order chi connectivity index (χ0) is 20.5. The Kier molecular flexibility index (Phi) is 5.07. The molecule has 2 aromatic heterocycles. The van der Waals surface area contributed by atoms with E-state index in [9.17, 15) is 9.59 Å². The molecule has 1 amide bonds. The molecule has 0 bridgehead atoms. The summed E-state index contributed by atoms with van der Waals surface area (Å²) in [7, 11) is 0. The third kappa shape index (κ3) is 3.49. The number of nitrogens with one attached hydrogen (secondary N) is 1. The largest absolute Gasteiger partial charge is 0.324 e. The molecular formula is C21H20ClN5O2. The van der Waals surface area contributed by atoms with E-state index in [2.05, 4.69) is 15.5 Å². The lowest BCUT2D eigenvalue weighted by Crippen LogP contribution is -2.29. The highest BCUT2D eigenvalue weighted by molar-refractivity contribution is 6.31. The van der Waals surface area contributed by atoms with Crippen LogP contribution in [0, 0.1) is 6.92 Å². The van der Waals surface area contributed by atoms with Crippen molar-refractivity contribution in [2.75, 3.05) is 5.32 Å². The molecule has 0 atom stereocenters. The normalized spacial score (nSPS) is 11.3. The summed E-state index contributed by atoms with van der Waals surface area (Å²) in [6.07, 6.45) is 1.60. The SMILES string of the molecule is CCCc1nnc2c(=O)n(CC(=O)Nc3cc(Cl)ccc3C)c3ccccc3n12. The molecule has 0 saturated heterocycles. The third-order valence-electron chi connectivity index (χ3n) is 4.83. The third-order valence-corrected chi connectivity index (χ3v) is 5.06. The minimum Gasteiger partial charge on any atom is -0.324 e. The Morgan fingerprint density at radius 3 is 2.66 bits per heavy atom. The molecule has 7 nitrogen and oxygen atoms in total. The van der Waals surface area contributed by atoms with Gasteiger partial charge in [-0.05, 0) is 43.2 Å². The van der Waals surface area contributed by atoms with Gasteiger partial charge in [0, 0.05) is 17.1 Å². The average molecular weight is 410 g/mol. The Morgan fingerprint density at radius 2 is 1.90 bits per heavy atom. The number of amides is 1. The molecule has 0 aliphatic heterocycles. The van der Waals surface area contributed by atoms with Crippen LogP contribution in [0.15, 0.2) is 47.3 Å². The lowest BCUT2D eigenvalue weighted by Gasteiger charge is -2.13. The Balaban J connectivity index is 1.79. The summed E-state index contributed by atoms with van der Waals surface area (Å²) in [5.41, 5.74) is 2.82. The summed E-state index contributed by atoms with van der Waals surface area (Å²) in [4.78, 5) is 25.8. The first-order chi connectivity index (χ1) is 14.0. The van der Waals surface area contributed by atoms with E-state index >= 15 is 0 Å². The van der Waals surface area contributed by atoms with Gasteiger partial charge in [0.05, 0.1) is 11.0 Å². The molecule has 1 N–H and O–H groups in total. The maximum Gasteiger partial charge on any atom is 0.297 e. The number of fused-ring (bicyclic) bond motifs is 3. The highest BCUT2D eigenvalue weighted by Crippen LogP contribution is 2.21. The summed E-state index contributed by atoms with van der Waals surface area (Å²) in [5, 5.41) is 11.7. The van der Waals surface area contributed by atoms with Crippen LogP contribution in [0.4, 0.5) is 5.69 Å². The first-order valence-corrected chi connectivity index (χ1v) is 9.79. The second-order valence-electron chi connectivity index (χ2n) is 6.91. The smallest absolute Gasteiger partial charge is 0.297 e. The minimum atomic E-state index is -0.350. The topological polar surface area (TPSA) is 81.3 Å². The molecule has 29 heavy (non-hydrogen) atoms. The molecule has 0 saturated carbocycles. The van der Waals surface area contributed by atoms with Crippen LogP contribution in [0.25, 0.3) is 16.7 Å². The van der Waals surface area contributed by atoms with Crippen molar-refractivity contribution in [1.82, 2.24) is 19.2 Å². The van der Waals surface area contributed by atoms with Crippen LogP contribution < -0.4 is 10.9 Å². The van der Waals surface area contributed by atoms with E-state index in [-0.39, 0.29) is 23.7 Å². The monoisotopic (exact) mass is 409 g/mol. The van der Waals surface area contributed by atoms with Crippen molar-refractivity contribution < 1.29 is 4.79 Å². The number of benzene rings is 2. The number of carbonyl (C=O) groups excluding carboxylic acids is 1. The molecular weight excluding hydrogens is 390 g/mol. The number of aromatic nitrogens is 4. The van der Waals surface area contributed by atoms with Gasteiger partial charge in [-0.2, -0.15) is 0 Å². The highest BCUT2D eigenvalue weighted by Gasteiger charge is 2.18. The van der Waals surface area contributed by atoms with Crippen molar-refractivity contribution in [3.63, 3.8) is 0 Å². The van der Waals surface area contributed by atoms with Crippen LogP contribution in [0.1, 0.15) is 24.7 Å². The van der Waals surface area contributed by atoms with Gasteiger partial charge in [0.2, 0.25) is 11.6 Å². The quantitative estimate of drug-likeness (QED) is 0.546. The fraction of sp³-hybridized carbons (Fsp3) is 0.238. The lowest BCUT2D eigenvalue weighted by atomic mass is 10.2. The molecule has 0 spiro atoms. The van der Waals surface area contributed by atoms with Crippen molar-refractivity contribution in [1.29, 1.82) is 0 Å². The van der Waals surface area contributed by atoms with E-state index in [1.807, 2.05) is 44.2 Å². The number of aryl methyl sites for hydroxylation is 2. The Morgan fingerprint density at radius 1 is 1.14 bits per heavy atom. The summed E-state index contributed by atoms with van der Waals surface area (Å²) in [6.45, 7) is 3.79. The molecule has 2 aromatic carbocycles. The van der Waals surface area contributed by atoms with Crippen LogP contribution >= 0.6 is 11.6 Å². The van der Waals surface area contributed by atoms with Crippen molar-refractivity contribution in [3.8, 4) is 0 Å². The van der Waals surface area contributed by atoms with Gasteiger partial charge >= 0.3 is 0 Å². The number of nitrogens with zero attached hydrogens (tertiary/aromatic N) is 4. The van der Waals surface area contributed by atoms with Gasteiger partial charge in [-0.1, -0.05) is 36.7 Å². The summed E-state index contributed by atoms with van der Waals surface area (Å²) in [6, 6.07) is 12.7. The summed E-state index contributed by atoms with van der Waals surface area (Å²) < 4.78 is 3.22. The molecule has 148 valence electrons. The molecule has 0 unspecified atom stereocenters. The molecule has 0 aliphatic carbocycles. The zero-order valence-corrected chi connectivity index (χ0v) is 16.9.